The van der Waals surface area contributed by atoms with E-state index in [2.05, 4.69) is 4.98 Å². The highest BCUT2D eigenvalue weighted by Crippen LogP contribution is 2.22. The molecule has 2 rings (SSSR count). The highest BCUT2D eigenvalue weighted by Gasteiger charge is 2.20. The van der Waals surface area contributed by atoms with Gasteiger partial charge in [-0.05, 0) is 30.5 Å². The minimum atomic E-state index is -0.718. The monoisotopic (exact) mass is 376 g/mol. The molecule has 0 spiro atoms. The van der Waals surface area contributed by atoms with Gasteiger partial charge in [0, 0.05) is 19.3 Å². The Morgan fingerprint density at radius 3 is 2.69 bits per heavy atom. The summed E-state index contributed by atoms with van der Waals surface area (Å²) in [6, 6.07) is 7.55. The van der Waals surface area contributed by atoms with Crippen LogP contribution in [0.2, 0.25) is 0 Å². The number of esters is 1. The molecule has 1 aromatic heterocycles. The average molecular weight is 376 g/mol. The SMILES string of the molecule is CSc1ncc(C(=O)OCC(=O)N(C)CCC#N)n1-c1ccc(F)cc1. The fraction of sp³-hybridized carbons (Fsp3) is 0.294. The van der Waals surface area contributed by atoms with Crippen molar-refractivity contribution in [3.63, 3.8) is 0 Å². The van der Waals surface area contributed by atoms with E-state index in [0.717, 1.165) is 0 Å². The molecule has 2 aromatic rings. The van der Waals surface area contributed by atoms with Gasteiger partial charge >= 0.3 is 5.97 Å². The standard InChI is InChI=1S/C17H17FN4O3S/c1-21(9-3-8-19)15(23)11-25-16(24)14-10-20-17(26-2)22(14)13-6-4-12(18)5-7-13/h4-7,10H,3,9,11H2,1-2H3. The highest BCUT2D eigenvalue weighted by molar-refractivity contribution is 7.98. The predicted octanol–water partition coefficient (Wildman–Crippen LogP) is 2.26. The Bertz CT molecular complexity index is 830. The maximum atomic E-state index is 13.2. The summed E-state index contributed by atoms with van der Waals surface area (Å²) in [6.45, 7) is -0.180. The molecule has 0 atom stereocenters. The smallest absolute Gasteiger partial charge is 0.357 e. The molecule has 0 bridgehead atoms. The third-order valence-electron chi connectivity index (χ3n) is 3.52. The number of benzene rings is 1. The summed E-state index contributed by atoms with van der Waals surface area (Å²) in [5, 5.41) is 9.07. The quantitative estimate of drug-likeness (QED) is 0.544. The van der Waals surface area contributed by atoms with Crippen LogP contribution in [-0.4, -0.2) is 52.8 Å². The molecule has 0 fully saturated rings. The molecule has 9 heteroatoms. The molecule has 1 amide bonds. The van der Waals surface area contributed by atoms with Crippen LogP contribution in [0.5, 0.6) is 0 Å². The Morgan fingerprint density at radius 2 is 2.08 bits per heavy atom. The summed E-state index contributed by atoms with van der Waals surface area (Å²) in [5.41, 5.74) is 0.686. The van der Waals surface area contributed by atoms with Gasteiger partial charge in [0.05, 0.1) is 18.7 Å². The first-order chi connectivity index (χ1) is 12.5. The molecule has 0 saturated carbocycles. The zero-order valence-corrected chi connectivity index (χ0v) is 15.1. The van der Waals surface area contributed by atoms with Gasteiger partial charge in [-0.2, -0.15) is 5.26 Å². The van der Waals surface area contributed by atoms with Gasteiger partial charge < -0.3 is 9.64 Å². The number of halogens is 1. The minimum absolute atomic E-state index is 0.133. The third-order valence-corrected chi connectivity index (χ3v) is 4.17. The van der Waals surface area contributed by atoms with Gasteiger partial charge in [-0.25, -0.2) is 14.2 Å². The number of thioether (sulfide) groups is 1. The Labute approximate surface area is 154 Å². The van der Waals surface area contributed by atoms with Crippen molar-refractivity contribution in [2.75, 3.05) is 26.5 Å². The van der Waals surface area contributed by atoms with Crippen molar-refractivity contribution < 1.29 is 18.7 Å². The second-order valence-corrected chi connectivity index (χ2v) is 6.01. The number of carbonyl (C=O) groups excluding carboxylic acids is 2. The van der Waals surface area contributed by atoms with Gasteiger partial charge in [0.15, 0.2) is 17.5 Å². The lowest BCUT2D eigenvalue weighted by molar-refractivity contribution is -0.133. The van der Waals surface area contributed by atoms with Crippen LogP contribution in [0, 0.1) is 17.1 Å². The highest BCUT2D eigenvalue weighted by atomic mass is 32.2. The Morgan fingerprint density at radius 1 is 1.38 bits per heavy atom. The van der Waals surface area contributed by atoms with Crippen molar-refractivity contribution in [1.82, 2.24) is 14.5 Å². The van der Waals surface area contributed by atoms with Crippen molar-refractivity contribution in [2.45, 2.75) is 11.6 Å². The fourth-order valence-electron chi connectivity index (χ4n) is 2.12. The van der Waals surface area contributed by atoms with Crippen molar-refractivity contribution in [2.24, 2.45) is 0 Å². The lowest BCUT2D eigenvalue weighted by Gasteiger charge is -2.15. The Balaban J connectivity index is 2.14. The van der Waals surface area contributed by atoms with Gasteiger partial charge in [0.2, 0.25) is 0 Å². The summed E-state index contributed by atoms with van der Waals surface area (Å²) < 4.78 is 19.8. The van der Waals surface area contributed by atoms with Gasteiger partial charge in [-0.15, -0.1) is 0 Å². The van der Waals surface area contributed by atoms with E-state index in [4.69, 9.17) is 10.00 Å². The van der Waals surface area contributed by atoms with Crippen molar-refractivity contribution >= 4 is 23.6 Å². The van der Waals surface area contributed by atoms with E-state index >= 15 is 0 Å². The first kappa shape index (κ1) is 19.5. The number of hydrogen-bond acceptors (Lipinski definition) is 6. The number of nitrogens with zero attached hydrogens (tertiary/aromatic N) is 4. The molecule has 0 aliphatic carbocycles. The molecular weight excluding hydrogens is 359 g/mol. The molecule has 1 heterocycles. The first-order valence-corrected chi connectivity index (χ1v) is 8.86. The summed E-state index contributed by atoms with van der Waals surface area (Å²) in [4.78, 5) is 29.8. The summed E-state index contributed by atoms with van der Waals surface area (Å²) in [6.07, 6.45) is 3.34. The van der Waals surface area contributed by atoms with Crippen molar-refractivity contribution in [3.8, 4) is 11.8 Å². The number of ether oxygens (including phenoxy) is 1. The molecule has 26 heavy (non-hydrogen) atoms. The molecule has 7 nitrogen and oxygen atoms in total. The number of nitriles is 1. The predicted molar refractivity (Wildman–Crippen MR) is 93.5 cm³/mol. The van der Waals surface area contributed by atoms with E-state index in [1.54, 1.807) is 6.26 Å². The van der Waals surface area contributed by atoms with Crippen LogP contribution in [-0.2, 0) is 9.53 Å². The van der Waals surface area contributed by atoms with Crippen LogP contribution in [0.1, 0.15) is 16.9 Å². The van der Waals surface area contributed by atoms with Crippen molar-refractivity contribution in [3.05, 3.63) is 42.0 Å². The lowest BCUT2D eigenvalue weighted by Crippen LogP contribution is -2.32. The number of carbonyl (C=O) groups is 2. The number of hydrogen-bond donors (Lipinski definition) is 0. The van der Waals surface area contributed by atoms with E-state index in [1.165, 1.54) is 58.7 Å². The maximum Gasteiger partial charge on any atom is 0.357 e. The molecule has 0 N–H and O–H groups in total. The summed E-state index contributed by atoms with van der Waals surface area (Å²) >= 11 is 1.32. The lowest BCUT2D eigenvalue weighted by atomic mass is 10.3. The second kappa shape index (κ2) is 9.01. The third kappa shape index (κ3) is 4.61. The first-order valence-electron chi connectivity index (χ1n) is 7.63. The molecule has 1 aromatic carbocycles. The van der Waals surface area contributed by atoms with Crippen LogP contribution in [0.25, 0.3) is 5.69 Å². The molecule has 136 valence electrons. The van der Waals surface area contributed by atoms with E-state index in [9.17, 15) is 14.0 Å². The molecule has 0 saturated heterocycles. The average Bonchev–Trinajstić information content (AvgIpc) is 3.08. The van der Waals surface area contributed by atoms with Crippen LogP contribution < -0.4 is 0 Å². The van der Waals surface area contributed by atoms with Gasteiger partial charge in [0.25, 0.3) is 5.91 Å². The van der Waals surface area contributed by atoms with E-state index in [1.807, 2.05) is 6.07 Å². The molecule has 0 aliphatic rings. The molecule has 0 radical (unpaired) electrons. The van der Waals surface area contributed by atoms with E-state index in [0.29, 0.717) is 10.8 Å². The van der Waals surface area contributed by atoms with Crippen LogP contribution in [0.15, 0.2) is 35.6 Å². The van der Waals surface area contributed by atoms with Crippen LogP contribution in [0.3, 0.4) is 0 Å². The van der Waals surface area contributed by atoms with Gasteiger partial charge in [-0.3, -0.25) is 9.36 Å². The maximum absolute atomic E-state index is 13.2. The van der Waals surface area contributed by atoms with Gasteiger partial charge in [0.1, 0.15) is 5.82 Å². The molecular formula is C17H17FN4O3S. The van der Waals surface area contributed by atoms with E-state index < -0.39 is 24.3 Å². The number of imidazole rings is 1. The number of rotatable bonds is 7. The van der Waals surface area contributed by atoms with Crippen molar-refractivity contribution in [1.29, 1.82) is 5.26 Å². The summed E-state index contributed by atoms with van der Waals surface area (Å²) in [5.74, 6) is -1.52. The topological polar surface area (TPSA) is 88.2 Å². The summed E-state index contributed by atoms with van der Waals surface area (Å²) in [7, 11) is 1.53. The van der Waals surface area contributed by atoms with Crippen LogP contribution in [0.4, 0.5) is 4.39 Å². The number of likely N-dealkylation sites (N-methyl/N-ethyl adjacent to an activating group) is 1. The Hall–Kier alpha value is -2.86. The number of amides is 1. The van der Waals surface area contributed by atoms with Gasteiger partial charge in [-0.1, -0.05) is 11.8 Å². The Kier molecular flexibility index (Phi) is 6.74. The molecule has 0 unspecified atom stereocenters. The zero-order valence-electron chi connectivity index (χ0n) is 14.3. The minimum Gasteiger partial charge on any atom is -0.451 e. The molecule has 0 aliphatic heterocycles. The van der Waals surface area contributed by atoms with E-state index in [-0.39, 0.29) is 18.7 Å². The fourth-order valence-corrected chi connectivity index (χ4v) is 2.66. The zero-order chi connectivity index (χ0) is 19.1. The normalized spacial score (nSPS) is 10.2. The number of aromatic nitrogens is 2. The van der Waals surface area contributed by atoms with Crippen LogP contribution >= 0.6 is 11.8 Å². The largest absolute Gasteiger partial charge is 0.451 e. The second-order valence-electron chi connectivity index (χ2n) is 5.24.